The van der Waals surface area contributed by atoms with Crippen LogP contribution in [0, 0.1) is 16.7 Å². The molecule has 1 aromatic rings. The molecule has 3 unspecified atom stereocenters. The molecule has 0 heterocycles. The normalized spacial score (nSPS) is 17.5. The molecule has 8 heteroatoms. The number of rotatable bonds is 10. The van der Waals surface area contributed by atoms with Crippen LogP contribution in [0.1, 0.15) is 78.2 Å². The van der Waals surface area contributed by atoms with Crippen molar-refractivity contribution in [2.45, 2.75) is 90.6 Å². The molecular formula is C25H38BClN3O3. The monoisotopic (exact) mass is 474 g/mol. The first-order chi connectivity index (χ1) is 15.5. The number of halogens is 1. The molecule has 33 heavy (non-hydrogen) atoms. The van der Waals surface area contributed by atoms with Gasteiger partial charge in [0.05, 0.1) is 0 Å². The summed E-state index contributed by atoms with van der Waals surface area (Å²) < 4.78 is 0. The van der Waals surface area contributed by atoms with E-state index in [0.717, 1.165) is 12.8 Å². The molecule has 181 valence electrons. The van der Waals surface area contributed by atoms with Crippen molar-refractivity contribution in [1.29, 1.82) is 5.41 Å². The van der Waals surface area contributed by atoms with E-state index in [1.807, 2.05) is 20.8 Å². The predicted molar refractivity (Wildman–Crippen MR) is 135 cm³/mol. The van der Waals surface area contributed by atoms with Gasteiger partial charge in [0.2, 0.25) is 11.8 Å². The van der Waals surface area contributed by atoms with Crippen molar-refractivity contribution < 1.29 is 14.7 Å². The first-order valence-electron chi connectivity index (χ1n) is 11.9. The van der Waals surface area contributed by atoms with Gasteiger partial charge in [-0.2, -0.15) is 0 Å². The second-order valence-corrected chi connectivity index (χ2v) is 10.8. The lowest BCUT2D eigenvalue weighted by atomic mass is 9.63. The van der Waals surface area contributed by atoms with Gasteiger partial charge >= 0.3 is 0 Å². The van der Waals surface area contributed by atoms with Crippen LogP contribution in [0.4, 0.5) is 0 Å². The number of aliphatic hydroxyl groups excluding tert-OH is 1. The van der Waals surface area contributed by atoms with Gasteiger partial charge in [-0.25, -0.2) is 0 Å². The second kappa shape index (κ2) is 12.6. The Morgan fingerprint density at radius 3 is 2.48 bits per heavy atom. The summed E-state index contributed by atoms with van der Waals surface area (Å²) in [6.45, 7) is 7.54. The van der Waals surface area contributed by atoms with Crippen molar-refractivity contribution in [3.63, 3.8) is 0 Å². The molecule has 0 spiro atoms. The summed E-state index contributed by atoms with van der Waals surface area (Å²) in [5.41, 5.74) is 0.460. The molecule has 0 bridgehead atoms. The summed E-state index contributed by atoms with van der Waals surface area (Å²) in [6.07, 6.45) is 6.32. The van der Waals surface area contributed by atoms with E-state index in [2.05, 4.69) is 10.6 Å². The van der Waals surface area contributed by atoms with Crippen LogP contribution < -0.4 is 10.6 Å². The van der Waals surface area contributed by atoms with Crippen molar-refractivity contribution in [1.82, 2.24) is 10.6 Å². The number of carbonyl (C=O) groups excluding carboxylic acids is 2. The first kappa shape index (κ1) is 27.4. The van der Waals surface area contributed by atoms with Crippen molar-refractivity contribution in [2.24, 2.45) is 11.3 Å². The fourth-order valence-electron chi connectivity index (χ4n) is 4.31. The van der Waals surface area contributed by atoms with Crippen molar-refractivity contribution in [3.8, 4) is 0 Å². The number of hydrogen-bond donors (Lipinski definition) is 4. The fraction of sp³-hybridized carbons (Fsp3) is 0.640. The third-order valence-electron chi connectivity index (χ3n) is 6.10. The molecule has 2 amide bonds. The van der Waals surface area contributed by atoms with Gasteiger partial charge in [-0.3, -0.25) is 9.59 Å². The average molecular weight is 475 g/mol. The summed E-state index contributed by atoms with van der Waals surface area (Å²) in [4.78, 5) is 25.7. The van der Waals surface area contributed by atoms with Gasteiger partial charge in [-0.15, -0.1) is 0 Å². The molecule has 1 aliphatic carbocycles. The standard InChI is InChI=1S/C25H38BClN3O3/c1-16(26-21(31)15-20(28)18-11-8-12-19(27)14-18)29-24(33)23(25(2,3)4)30-22(32)13-17-9-6-5-7-10-17/h8,11-12,14,16-17,21,23,28,31H,5-7,9-10,13,15H2,1-4H3,(H,29,33)(H,30,32). The molecule has 1 radical (unpaired) electrons. The maximum atomic E-state index is 13.0. The van der Waals surface area contributed by atoms with E-state index in [-0.39, 0.29) is 23.9 Å². The SMILES string of the molecule is CC([B]C(O)CC(=N)c1cccc(Cl)c1)NC(=O)C(NC(=O)CC1CCCCC1)C(C)(C)C. The Labute approximate surface area is 204 Å². The summed E-state index contributed by atoms with van der Waals surface area (Å²) >= 11 is 5.98. The summed E-state index contributed by atoms with van der Waals surface area (Å²) in [5, 5.41) is 25.0. The molecule has 3 atom stereocenters. The lowest BCUT2D eigenvalue weighted by Gasteiger charge is -2.32. The molecule has 1 saturated carbocycles. The van der Waals surface area contributed by atoms with Crippen molar-refractivity contribution >= 4 is 36.4 Å². The minimum absolute atomic E-state index is 0.0800. The highest BCUT2D eigenvalue weighted by atomic mass is 35.5. The molecule has 1 aliphatic rings. The van der Waals surface area contributed by atoms with Gasteiger partial charge in [-0.1, -0.05) is 70.7 Å². The van der Waals surface area contributed by atoms with Gasteiger partial charge < -0.3 is 21.1 Å². The van der Waals surface area contributed by atoms with Crippen LogP contribution in [0.2, 0.25) is 5.02 Å². The lowest BCUT2D eigenvalue weighted by molar-refractivity contribution is -0.132. The van der Waals surface area contributed by atoms with Gasteiger partial charge in [0.25, 0.3) is 0 Å². The zero-order valence-corrected chi connectivity index (χ0v) is 21.0. The Balaban J connectivity index is 1.87. The number of carbonyl (C=O) groups is 2. The smallest absolute Gasteiger partial charge is 0.242 e. The van der Waals surface area contributed by atoms with E-state index in [9.17, 15) is 14.7 Å². The summed E-state index contributed by atoms with van der Waals surface area (Å²) in [6, 6.07) is 5.38. The van der Waals surface area contributed by atoms with Crippen LogP contribution >= 0.6 is 11.6 Å². The third-order valence-corrected chi connectivity index (χ3v) is 6.33. The summed E-state index contributed by atoms with van der Waals surface area (Å²) in [7, 11) is 1.60. The maximum absolute atomic E-state index is 13.0. The highest BCUT2D eigenvalue weighted by molar-refractivity contribution is 6.40. The van der Waals surface area contributed by atoms with Crippen LogP contribution in [0.15, 0.2) is 24.3 Å². The molecule has 0 aromatic heterocycles. The van der Waals surface area contributed by atoms with Crippen LogP contribution in [0.3, 0.4) is 0 Å². The zero-order valence-electron chi connectivity index (χ0n) is 20.3. The predicted octanol–water partition coefficient (Wildman–Crippen LogP) is 4.08. The van der Waals surface area contributed by atoms with Crippen molar-refractivity contribution in [2.75, 3.05) is 0 Å². The Morgan fingerprint density at radius 2 is 1.88 bits per heavy atom. The lowest BCUT2D eigenvalue weighted by Crippen LogP contribution is -2.56. The summed E-state index contributed by atoms with van der Waals surface area (Å²) in [5.74, 6) is -0.386. The number of benzene rings is 1. The Hall–Kier alpha value is -1.86. The van der Waals surface area contributed by atoms with Gasteiger partial charge in [0.1, 0.15) is 6.04 Å². The number of hydrogen-bond acceptors (Lipinski definition) is 4. The third kappa shape index (κ3) is 9.50. The molecule has 1 aromatic carbocycles. The van der Waals surface area contributed by atoms with E-state index < -0.39 is 23.4 Å². The fourth-order valence-corrected chi connectivity index (χ4v) is 4.50. The Morgan fingerprint density at radius 1 is 1.21 bits per heavy atom. The van der Waals surface area contributed by atoms with Crippen molar-refractivity contribution in [3.05, 3.63) is 34.9 Å². The molecule has 0 aliphatic heterocycles. The first-order valence-corrected chi connectivity index (χ1v) is 12.3. The molecule has 1 fully saturated rings. The molecular weight excluding hydrogens is 437 g/mol. The topological polar surface area (TPSA) is 102 Å². The average Bonchev–Trinajstić information content (AvgIpc) is 2.71. The number of nitrogens with one attached hydrogen (secondary N) is 3. The molecule has 4 N–H and O–H groups in total. The molecule has 0 saturated heterocycles. The number of amides is 2. The second-order valence-electron chi connectivity index (χ2n) is 10.3. The Kier molecular flexibility index (Phi) is 10.4. The van der Waals surface area contributed by atoms with Crippen LogP contribution in [-0.4, -0.2) is 47.9 Å². The largest absolute Gasteiger partial charge is 0.402 e. The van der Waals surface area contributed by atoms with E-state index >= 15 is 0 Å². The number of aliphatic hydroxyl groups is 1. The van der Waals surface area contributed by atoms with E-state index in [0.29, 0.717) is 22.9 Å². The minimum atomic E-state index is -0.902. The van der Waals surface area contributed by atoms with E-state index in [4.69, 9.17) is 17.0 Å². The minimum Gasteiger partial charge on any atom is -0.402 e. The van der Waals surface area contributed by atoms with Crippen LogP contribution in [0.5, 0.6) is 0 Å². The van der Waals surface area contributed by atoms with Gasteiger partial charge in [0, 0.05) is 29.6 Å². The maximum Gasteiger partial charge on any atom is 0.242 e. The highest BCUT2D eigenvalue weighted by Crippen LogP contribution is 2.27. The highest BCUT2D eigenvalue weighted by Gasteiger charge is 2.34. The molecule has 2 rings (SSSR count). The van der Waals surface area contributed by atoms with E-state index in [1.54, 1.807) is 38.5 Å². The van der Waals surface area contributed by atoms with Crippen LogP contribution in [0.25, 0.3) is 0 Å². The molecule has 6 nitrogen and oxygen atoms in total. The Bertz CT molecular complexity index is 821. The quantitative estimate of drug-likeness (QED) is 0.303. The van der Waals surface area contributed by atoms with Gasteiger partial charge in [0.15, 0.2) is 7.28 Å². The van der Waals surface area contributed by atoms with E-state index in [1.165, 1.54) is 19.3 Å². The zero-order chi connectivity index (χ0) is 24.6. The van der Waals surface area contributed by atoms with Gasteiger partial charge in [-0.05, 0) is 47.8 Å². The van der Waals surface area contributed by atoms with Crippen LogP contribution in [-0.2, 0) is 9.59 Å².